The molecule has 0 heterocycles. The minimum absolute atomic E-state index is 0.326. The van der Waals surface area contributed by atoms with E-state index in [0.29, 0.717) is 6.42 Å². The van der Waals surface area contributed by atoms with E-state index in [1.807, 2.05) is 41.5 Å². The quantitative estimate of drug-likeness (QED) is 0.299. The van der Waals surface area contributed by atoms with E-state index >= 15 is 0 Å². The van der Waals surface area contributed by atoms with E-state index in [2.05, 4.69) is 13.8 Å². The molecule has 0 unspecified atom stereocenters. The van der Waals surface area contributed by atoms with Crippen molar-refractivity contribution in [1.82, 2.24) is 0 Å². The van der Waals surface area contributed by atoms with Gasteiger partial charge in [-0.25, -0.2) is 9.78 Å². The summed E-state index contributed by atoms with van der Waals surface area (Å²) in [6.45, 7) is 16.1. The predicted molar refractivity (Wildman–Crippen MR) is 81.0 cm³/mol. The van der Waals surface area contributed by atoms with Gasteiger partial charge in [-0.2, -0.15) is 9.78 Å². The largest absolute Gasteiger partial charge is 0.231 e. The molecule has 0 radical (unpaired) electrons. The second-order valence-electron chi connectivity index (χ2n) is 6.84. The first-order chi connectivity index (χ1) is 9.10. The second-order valence-corrected chi connectivity index (χ2v) is 6.84. The average molecular weight is 290 g/mol. The van der Waals surface area contributed by atoms with Gasteiger partial charge in [0.05, 0.1) is 11.2 Å². The summed E-state index contributed by atoms with van der Waals surface area (Å²) in [6.07, 6.45) is 4.57. The van der Waals surface area contributed by atoms with Crippen LogP contribution in [0.5, 0.6) is 0 Å². The van der Waals surface area contributed by atoms with Crippen LogP contribution in [0.3, 0.4) is 0 Å². The summed E-state index contributed by atoms with van der Waals surface area (Å²) in [5.41, 5.74) is -0.652. The van der Waals surface area contributed by atoms with Crippen LogP contribution in [-0.4, -0.2) is 17.0 Å². The Kier molecular flexibility index (Phi) is 8.26. The minimum atomic E-state index is -0.893. The van der Waals surface area contributed by atoms with E-state index < -0.39 is 5.79 Å². The first-order valence-electron chi connectivity index (χ1n) is 7.83. The highest BCUT2D eigenvalue weighted by molar-refractivity contribution is 4.67. The fourth-order valence-electron chi connectivity index (χ4n) is 1.82. The van der Waals surface area contributed by atoms with Crippen molar-refractivity contribution < 1.29 is 19.6 Å². The van der Waals surface area contributed by atoms with Crippen molar-refractivity contribution >= 4 is 0 Å². The average Bonchev–Trinajstić information content (AvgIpc) is 2.34. The molecule has 4 heteroatoms. The molecule has 0 aliphatic heterocycles. The van der Waals surface area contributed by atoms with Gasteiger partial charge in [-0.15, -0.1) is 0 Å². The predicted octanol–water partition coefficient (Wildman–Crippen LogP) is 5.17. The van der Waals surface area contributed by atoms with Gasteiger partial charge in [0.15, 0.2) is 0 Å². The molecule has 0 aromatic rings. The molecule has 0 aromatic carbocycles. The highest BCUT2D eigenvalue weighted by atomic mass is 17.3. The summed E-state index contributed by atoms with van der Waals surface area (Å²) in [4.78, 5) is 22.1. The van der Waals surface area contributed by atoms with Crippen LogP contribution in [0.4, 0.5) is 0 Å². The monoisotopic (exact) mass is 290 g/mol. The van der Waals surface area contributed by atoms with Crippen molar-refractivity contribution in [2.24, 2.45) is 0 Å². The van der Waals surface area contributed by atoms with E-state index in [-0.39, 0.29) is 11.2 Å². The standard InChI is InChI=1S/C16H34O4/c1-9-12-14(4,5)17-19-16(8,11-3)20-18-15(6,7)13-10-2/h9-13H2,1-8H3. The molecule has 0 aliphatic carbocycles. The van der Waals surface area contributed by atoms with E-state index in [1.54, 1.807) is 0 Å². The third kappa shape index (κ3) is 8.20. The maximum absolute atomic E-state index is 5.55. The molecular weight excluding hydrogens is 256 g/mol. The smallest absolute Gasteiger partial charge is 0.228 e. The van der Waals surface area contributed by atoms with Gasteiger partial charge < -0.3 is 0 Å². The van der Waals surface area contributed by atoms with Crippen molar-refractivity contribution in [1.29, 1.82) is 0 Å². The van der Waals surface area contributed by atoms with Gasteiger partial charge in [0.25, 0.3) is 0 Å². The van der Waals surface area contributed by atoms with E-state index in [4.69, 9.17) is 19.6 Å². The summed E-state index contributed by atoms with van der Waals surface area (Å²) in [5.74, 6) is -0.893. The molecule has 0 fully saturated rings. The molecule has 0 saturated heterocycles. The summed E-state index contributed by atoms with van der Waals surface area (Å²) < 4.78 is 0. The molecule has 0 rings (SSSR count). The number of hydrogen-bond donors (Lipinski definition) is 0. The lowest BCUT2D eigenvalue weighted by molar-refractivity contribution is -0.539. The second kappa shape index (κ2) is 8.32. The molecule has 0 amide bonds. The third-order valence-electron chi connectivity index (χ3n) is 3.23. The first-order valence-corrected chi connectivity index (χ1v) is 7.83. The van der Waals surface area contributed by atoms with Gasteiger partial charge in [-0.1, -0.05) is 33.6 Å². The zero-order valence-corrected chi connectivity index (χ0v) is 14.7. The lowest BCUT2D eigenvalue weighted by Crippen LogP contribution is -2.39. The summed E-state index contributed by atoms with van der Waals surface area (Å²) >= 11 is 0. The van der Waals surface area contributed by atoms with Crippen molar-refractivity contribution in [3.63, 3.8) is 0 Å². The van der Waals surface area contributed by atoms with Crippen LogP contribution in [-0.2, 0) is 19.6 Å². The maximum atomic E-state index is 5.55. The normalized spacial score (nSPS) is 13.8. The van der Waals surface area contributed by atoms with Crippen LogP contribution in [0.25, 0.3) is 0 Å². The Morgan fingerprint density at radius 1 is 0.600 bits per heavy atom. The molecule has 0 N–H and O–H groups in total. The summed E-state index contributed by atoms with van der Waals surface area (Å²) in [7, 11) is 0. The topological polar surface area (TPSA) is 36.9 Å². The van der Waals surface area contributed by atoms with Crippen molar-refractivity contribution in [2.45, 2.75) is 104 Å². The van der Waals surface area contributed by atoms with Crippen molar-refractivity contribution in [3.05, 3.63) is 0 Å². The molecular formula is C16H34O4. The minimum Gasteiger partial charge on any atom is -0.228 e. The van der Waals surface area contributed by atoms with Gasteiger partial charge in [0, 0.05) is 6.42 Å². The maximum Gasteiger partial charge on any atom is 0.231 e. The molecule has 0 atom stereocenters. The molecule has 0 bridgehead atoms. The number of hydrogen-bond acceptors (Lipinski definition) is 4. The fourth-order valence-corrected chi connectivity index (χ4v) is 1.82. The molecule has 4 nitrogen and oxygen atoms in total. The van der Waals surface area contributed by atoms with Crippen LogP contribution >= 0.6 is 0 Å². The zero-order chi connectivity index (χ0) is 15.9. The van der Waals surface area contributed by atoms with Gasteiger partial charge in [-0.05, 0) is 47.5 Å². The summed E-state index contributed by atoms with van der Waals surface area (Å²) in [5, 5.41) is 0. The lowest BCUT2D eigenvalue weighted by atomic mass is 10.0. The van der Waals surface area contributed by atoms with Crippen LogP contribution in [0.15, 0.2) is 0 Å². The molecule has 20 heavy (non-hydrogen) atoms. The van der Waals surface area contributed by atoms with Gasteiger partial charge in [0.2, 0.25) is 5.79 Å². The molecule has 0 aliphatic rings. The first kappa shape index (κ1) is 19.8. The summed E-state index contributed by atoms with van der Waals surface area (Å²) in [6, 6.07) is 0. The Morgan fingerprint density at radius 3 is 1.20 bits per heavy atom. The van der Waals surface area contributed by atoms with Crippen LogP contribution in [0.2, 0.25) is 0 Å². The zero-order valence-electron chi connectivity index (χ0n) is 14.7. The molecule has 122 valence electrons. The van der Waals surface area contributed by atoms with Crippen LogP contribution in [0, 0.1) is 0 Å². The molecule has 0 aromatic heterocycles. The van der Waals surface area contributed by atoms with Crippen molar-refractivity contribution in [2.75, 3.05) is 0 Å². The Bertz CT molecular complexity index is 239. The highest BCUT2D eigenvalue weighted by Crippen LogP contribution is 2.27. The van der Waals surface area contributed by atoms with Gasteiger partial charge in [0.1, 0.15) is 0 Å². The Labute approximate surface area is 125 Å². The SMILES string of the molecule is CCCC(C)(C)OOC(C)(CC)OOC(C)(C)CCC. The van der Waals surface area contributed by atoms with Crippen LogP contribution < -0.4 is 0 Å². The third-order valence-corrected chi connectivity index (χ3v) is 3.23. The van der Waals surface area contributed by atoms with E-state index in [1.165, 1.54) is 0 Å². The van der Waals surface area contributed by atoms with Crippen molar-refractivity contribution in [3.8, 4) is 0 Å². The molecule has 0 spiro atoms. The Morgan fingerprint density at radius 2 is 0.950 bits per heavy atom. The van der Waals surface area contributed by atoms with E-state index in [0.717, 1.165) is 25.7 Å². The Balaban J connectivity index is 4.40. The Hall–Kier alpha value is -0.160. The molecule has 0 saturated carbocycles. The highest BCUT2D eigenvalue weighted by Gasteiger charge is 2.33. The van der Waals surface area contributed by atoms with Gasteiger partial charge >= 0.3 is 0 Å². The number of rotatable bonds is 11. The lowest BCUT2D eigenvalue weighted by Gasteiger charge is -2.34. The van der Waals surface area contributed by atoms with E-state index in [9.17, 15) is 0 Å². The van der Waals surface area contributed by atoms with Gasteiger partial charge in [-0.3, -0.25) is 0 Å². The fraction of sp³-hybridized carbons (Fsp3) is 1.00. The van der Waals surface area contributed by atoms with Crippen LogP contribution in [0.1, 0.15) is 87.5 Å².